The van der Waals surface area contributed by atoms with Gasteiger partial charge in [-0.1, -0.05) is 154 Å². The highest BCUT2D eigenvalue weighted by Crippen LogP contribution is 2.30. The van der Waals surface area contributed by atoms with Crippen molar-refractivity contribution in [3.05, 3.63) is 362 Å². The number of hydrogen-bond donors (Lipinski definition) is 0. The summed E-state index contributed by atoms with van der Waals surface area (Å²) in [5.41, 5.74) is 12.4. The molecule has 744 valence electrons. The predicted octanol–water partition coefficient (Wildman–Crippen LogP) is 24.0. The molecule has 0 spiro atoms. The SMILES string of the molecule is C=CCN(CC=C)Cc1ccc2c(c1)nc(CN(CC(C)C)C(=O)c1cc(F)ccc1F)n2CCC.C=CCN(CC=C)Cc1ccc2c(c1)nc(CN(CC(C)C)C(=O)c1cccc(F)c1)n2CCC.C=CCN(CC=C)Cc1ccc2c(c1)nc(CN(CCC)C(=O)c1cc(F)ccc1F)n2CCC.C=CCN(CC=C)Cc1ccc2c(c1)nc(CN(CCC)C(=O)c1cccc(F)c1)n2CCC. The molecule has 4 aromatic heterocycles. The quantitative estimate of drug-likeness (QED) is 0.0262. The number of halogens is 6. The number of imidazole rings is 4. The van der Waals surface area contributed by atoms with Crippen molar-refractivity contribution in [3.63, 3.8) is 0 Å². The third kappa shape index (κ3) is 31.4. The second kappa shape index (κ2) is 56.2. The fourth-order valence-corrected chi connectivity index (χ4v) is 17.3. The maximum atomic E-state index is 14.4. The summed E-state index contributed by atoms with van der Waals surface area (Å²) in [5, 5.41) is 0. The Balaban J connectivity index is 0.000000209. The highest BCUT2D eigenvalue weighted by atomic mass is 19.1. The maximum Gasteiger partial charge on any atom is 0.257 e. The number of amides is 4. The standard InChI is InChI=1S/C29H36F2N4O.C29H37FN4O.C28H34F2N4O.C28H35FN4O/c1-6-13-33(14-7-2)19-22-9-12-27-26(16-22)32-28(35(27)15-8-3)20-34(18-21(4)5)29(36)24-17-23(30)10-11-25(24)31;1-6-14-32(15-7-2)20-23-12-13-27-26(17-23)31-28(34(27)16-8-3)21-33(19-22(4)5)29(35)24-10-9-11-25(30)18-24;1-5-13-32(14-6-2)19-21-9-12-26-25(17-21)31-27(34(26)16-8-4)20-33(15-7-3)28(35)23-18-22(29)10-11-24(23)30;1-5-14-31(15-6-2)20-22-12-13-26-25(18-22)30-27(33(26)17-8-4)21-32(16-7-3)28(34)23-10-9-11-24(29)19-23/h6-7,9-12,16-17,21H,1-2,8,13-15,18-20H2,3-5H3;6-7,9-13,17-18,22H,1-2,8,14-16,19-21H2,3-5H3;5-6,9-12,17-18H,1-2,7-8,13-16,19-20H2,3-4H3;5-6,9-13,18-19H,1-2,7-8,14-17,20-21H2,3-4H3. The van der Waals surface area contributed by atoms with Gasteiger partial charge < -0.3 is 37.9 Å². The van der Waals surface area contributed by atoms with E-state index >= 15 is 0 Å². The minimum Gasteiger partial charge on any atom is -0.331 e. The molecule has 0 saturated heterocycles. The molecule has 0 atom stereocenters. The number of aryl methyl sites for hydroxylation is 4. The molecule has 4 heterocycles. The molecule has 12 aromatic rings. The first-order valence-corrected chi connectivity index (χ1v) is 48.8. The van der Waals surface area contributed by atoms with Crippen LogP contribution in [0.15, 0.2) is 259 Å². The van der Waals surface area contributed by atoms with Crippen LogP contribution in [-0.4, -0.2) is 180 Å². The first-order chi connectivity index (χ1) is 67.5. The lowest BCUT2D eigenvalue weighted by molar-refractivity contribution is 0.0706. The van der Waals surface area contributed by atoms with E-state index in [0.717, 1.165) is 252 Å². The second-order valence-corrected chi connectivity index (χ2v) is 36.0. The van der Waals surface area contributed by atoms with E-state index in [-0.39, 0.29) is 47.9 Å². The van der Waals surface area contributed by atoms with Crippen molar-refractivity contribution < 1.29 is 45.5 Å². The van der Waals surface area contributed by atoms with Crippen molar-refractivity contribution in [2.24, 2.45) is 11.8 Å². The number of nitrogens with zero attached hydrogens (tertiary/aromatic N) is 16. The van der Waals surface area contributed by atoms with E-state index in [1.165, 1.54) is 35.4 Å². The lowest BCUT2D eigenvalue weighted by Gasteiger charge is -2.25. The van der Waals surface area contributed by atoms with E-state index < -0.39 is 46.7 Å². The van der Waals surface area contributed by atoms with Crippen molar-refractivity contribution >= 4 is 67.8 Å². The fourth-order valence-electron chi connectivity index (χ4n) is 17.3. The maximum absolute atomic E-state index is 14.4. The zero-order valence-electron chi connectivity index (χ0n) is 83.7. The molecule has 0 aliphatic heterocycles. The summed E-state index contributed by atoms with van der Waals surface area (Å²) in [6.07, 6.45) is 20.3. The number of carbonyl (C=O) groups is 4. The third-order valence-electron chi connectivity index (χ3n) is 23.2. The number of hydrogen-bond acceptors (Lipinski definition) is 12. The lowest BCUT2D eigenvalue weighted by Crippen LogP contribution is -2.35. The van der Waals surface area contributed by atoms with Crippen LogP contribution < -0.4 is 0 Å². The van der Waals surface area contributed by atoms with Crippen LogP contribution in [0.25, 0.3) is 44.1 Å². The number of benzene rings is 8. The average molecular weight is 1910 g/mol. The zero-order valence-corrected chi connectivity index (χ0v) is 83.7. The largest absolute Gasteiger partial charge is 0.331 e. The molecule has 0 fully saturated rings. The molecule has 0 bridgehead atoms. The fraction of sp³-hybridized carbons (Fsp3) is 0.368. The first-order valence-electron chi connectivity index (χ1n) is 48.8. The highest BCUT2D eigenvalue weighted by Gasteiger charge is 2.29. The summed E-state index contributed by atoms with van der Waals surface area (Å²) in [7, 11) is 0. The molecule has 20 nitrogen and oxygen atoms in total. The molecule has 12 rings (SSSR count). The van der Waals surface area contributed by atoms with Gasteiger partial charge in [-0.3, -0.25) is 38.8 Å². The van der Waals surface area contributed by atoms with Gasteiger partial charge in [0.1, 0.15) is 58.2 Å². The van der Waals surface area contributed by atoms with Crippen molar-refractivity contribution in [2.45, 2.75) is 186 Å². The van der Waals surface area contributed by atoms with Crippen LogP contribution in [0.5, 0.6) is 0 Å². The number of rotatable bonds is 52. The molecule has 0 radical (unpaired) electrons. The Morgan fingerprint density at radius 1 is 0.300 bits per heavy atom. The number of carbonyl (C=O) groups excluding carboxylic acids is 4. The van der Waals surface area contributed by atoms with E-state index in [2.05, 4.69) is 205 Å². The van der Waals surface area contributed by atoms with Gasteiger partial charge >= 0.3 is 0 Å². The van der Waals surface area contributed by atoms with Crippen LogP contribution in [-0.2, 0) is 78.5 Å². The Bertz CT molecular complexity index is 6140. The van der Waals surface area contributed by atoms with Gasteiger partial charge in [0, 0.05) is 142 Å². The van der Waals surface area contributed by atoms with Crippen LogP contribution >= 0.6 is 0 Å². The van der Waals surface area contributed by atoms with Gasteiger partial charge in [0.15, 0.2) is 0 Å². The molecular weight excluding hydrogens is 1770 g/mol. The van der Waals surface area contributed by atoms with Gasteiger partial charge in [0.05, 0.1) is 81.4 Å². The van der Waals surface area contributed by atoms with E-state index in [0.29, 0.717) is 56.8 Å². The smallest absolute Gasteiger partial charge is 0.257 e. The summed E-state index contributed by atoms with van der Waals surface area (Å²) in [6, 6.07) is 43.0. The summed E-state index contributed by atoms with van der Waals surface area (Å²) in [5.74, 6) is -1.44. The van der Waals surface area contributed by atoms with Crippen LogP contribution in [0.2, 0.25) is 0 Å². The summed E-state index contributed by atoms with van der Waals surface area (Å²) >= 11 is 0. The Morgan fingerprint density at radius 3 is 0.807 bits per heavy atom. The molecule has 4 amide bonds. The van der Waals surface area contributed by atoms with Crippen LogP contribution in [0, 0.1) is 46.7 Å². The Kier molecular flexibility index (Phi) is 44.4. The zero-order chi connectivity index (χ0) is 101. The van der Waals surface area contributed by atoms with Crippen molar-refractivity contribution in [3.8, 4) is 0 Å². The topological polar surface area (TPSA) is 165 Å². The molecule has 140 heavy (non-hydrogen) atoms. The predicted molar refractivity (Wildman–Crippen MR) is 558 cm³/mol. The van der Waals surface area contributed by atoms with E-state index in [1.54, 1.807) is 43.9 Å². The third-order valence-corrected chi connectivity index (χ3v) is 23.2. The Morgan fingerprint density at radius 2 is 0.550 bits per heavy atom. The van der Waals surface area contributed by atoms with Gasteiger partial charge in [-0.15, -0.1) is 52.6 Å². The molecule has 26 heteroatoms. The van der Waals surface area contributed by atoms with Crippen LogP contribution in [0.4, 0.5) is 26.3 Å². The lowest BCUT2D eigenvalue weighted by atomic mass is 10.1. The number of aromatic nitrogens is 8. The minimum absolute atomic E-state index is 0.141. The van der Waals surface area contributed by atoms with Gasteiger partial charge in [-0.2, -0.15) is 0 Å². The van der Waals surface area contributed by atoms with E-state index in [9.17, 15) is 45.5 Å². The second-order valence-electron chi connectivity index (χ2n) is 36.0. The first kappa shape index (κ1) is 110. The number of fused-ring (bicyclic) bond motifs is 4. The van der Waals surface area contributed by atoms with Crippen LogP contribution in [0.1, 0.15) is 195 Å². The van der Waals surface area contributed by atoms with Crippen molar-refractivity contribution in [2.75, 3.05) is 78.5 Å². The van der Waals surface area contributed by atoms with Crippen LogP contribution in [0.3, 0.4) is 0 Å². The van der Waals surface area contributed by atoms with Gasteiger partial charge in [0.2, 0.25) is 0 Å². The summed E-state index contributed by atoms with van der Waals surface area (Å²) in [6.45, 7) is 66.7. The molecule has 0 unspecified atom stereocenters. The molecule has 0 N–H and O–H groups in total. The summed E-state index contributed by atoms with van der Waals surface area (Å²) < 4.78 is 92.5. The average Bonchev–Trinajstić information content (AvgIpc) is 1.65. The molecule has 8 aromatic carbocycles. The highest BCUT2D eigenvalue weighted by molar-refractivity contribution is 5.96. The van der Waals surface area contributed by atoms with Gasteiger partial charge in [-0.05, 0) is 194 Å². The molecule has 0 saturated carbocycles. The van der Waals surface area contributed by atoms with E-state index in [1.807, 2.05) is 76.3 Å². The van der Waals surface area contributed by atoms with Gasteiger partial charge in [-0.25, -0.2) is 46.3 Å². The monoisotopic (exact) mass is 1910 g/mol. The Labute approximate surface area is 824 Å². The minimum atomic E-state index is -0.731. The van der Waals surface area contributed by atoms with Crippen molar-refractivity contribution in [1.82, 2.24) is 77.4 Å². The molecule has 0 aliphatic rings. The molecule has 0 aliphatic carbocycles. The van der Waals surface area contributed by atoms with Crippen molar-refractivity contribution in [1.29, 1.82) is 0 Å². The van der Waals surface area contributed by atoms with E-state index in [4.69, 9.17) is 19.9 Å². The Hall–Kier alpha value is -13.1. The normalized spacial score (nSPS) is 11.3. The molecular formula is C114H142F6N16O4. The summed E-state index contributed by atoms with van der Waals surface area (Å²) in [4.78, 5) is 88.2. The van der Waals surface area contributed by atoms with Gasteiger partial charge in [0.25, 0.3) is 23.6 Å².